The molecule has 5 rings (SSSR count). The van der Waals surface area contributed by atoms with E-state index in [0.29, 0.717) is 29.0 Å². The summed E-state index contributed by atoms with van der Waals surface area (Å²) in [6, 6.07) is 9.93. The Labute approximate surface area is 181 Å². The third-order valence-corrected chi connectivity index (χ3v) is 7.33. The summed E-state index contributed by atoms with van der Waals surface area (Å²) < 4.78 is 8.80. The highest BCUT2D eigenvalue weighted by atomic mass is 32.2. The second-order valence-electron chi connectivity index (χ2n) is 7.33. The maximum Gasteiger partial charge on any atom is 0.292 e. The number of nitrogens with zero attached hydrogens (tertiary/aromatic N) is 4. The average molecular weight is 440 g/mol. The number of thioether (sulfide) groups is 1. The number of fused-ring (bicyclic) bond motifs is 1. The number of hydrogen-bond donors (Lipinski definition) is 1. The summed E-state index contributed by atoms with van der Waals surface area (Å²) in [7, 11) is 0. The fraction of sp³-hybridized carbons (Fsp3) is 0.333. The van der Waals surface area contributed by atoms with Crippen molar-refractivity contribution in [2.45, 2.75) is 48.7 Å². The predicted molar refractivity (Wildman–Crippen MR) is 118 cm³/mol. The quantitative estimate of drug-likeness (QED) is 0.402. The molecule has 0 spiro atoms. The van der Waals surface area contributed by atoms with Crippen LogP contribution in [0.4, 0.5) is 5.82 Å². The van der Waals surface area contributed by atoms with Crippen LogP contribution in [0.1, 0.15) is 52.9 Å². The van der Waals surface area contributed by atoms with Gasteiger partial charge in [-0.2, -0.15) is 5.10 Å². The smallest absolute Gasteiger partial charge is 0.292 e. The molecule has 3 heterocycles. The van der Waals surface area contributed by atoms with Crippen molar-refractivity contribution in [1.29, 1.82) is 0 Å². The Bertz CT molecular complexity index is 1190. The second-order valence-corrected chi connectivity index (χ2v) is 9.74. The van der Waals surface area contributed by atoms with E-state index < -0.39 is 0 Å². The molecule has 0 bridgehead atoms. The summed E-state index contributed by atoms with van der Waals surface area (Å²) in [6.45, 7) is 1.93. The summed E-state index contributed by atoms with van der Waals surface area (Å²) in [4.78, 5) is 13.2. The minimum Gasteiger partial charge on any atom is -0.451 e. The van der Waals surface area contributed by atoms with E-state index in [-0.39, 0.29) is 5.91 Å². The van der Waals surface area contributed by atoms with Crippen LogP contribution in [0, 0.1) is 6.92 Å². The molecule has 4 aromatic rings. The van der Waals surface area contributed by atoms with Crippen LogP contribution in [0.2, 0.25) is 0 Å². The number of furan rings is 1. The molecular formula is C21H21N5O2S2. The monoisotopic (exact) mass is 439 g/mol. The van der Waals surface area contributed by atoms with Gasteiger partial charge in [0, 0.05) is 22.8 Å². The van der Waals surface area contributed by atoms with Crippen LogP contribution in [-0.4, -0.2) is 25.9 Å². The maximum atomic E-state index is 13.2. The van der Waals surface area contributed by atoms with E-state index in [4.69, 9.17) is 4.42 Å². The van der Waals surface area contributed by atoms with Crippen LogP contribution in [0.3, 0.4) is 0 Å². The van der Waals surface area contributed by atoms with E-state index >= 15 is 0 Å². The van der Waals surface area contributed by atoms with Gasteiger partial charge in [0.25, 0.3) is 5.91 Å². The van der Waals surface area contributed by atoms with Crippen molar-refractivity contribution in [1.82, 2.24) is 20.0 Å². The molecule has 154 valence electrons. The molecule has 0 saturated heterocycles. The minimum atomic E-state index is -0.255. The average Bonchev–Trinajstić information content (AvgIpc) is 3.53. The molecule has 1 aliphatic rings. The Hall–Kier alpha value is -2.65. The number of hydrogen-bond acceptors (Lipinski definition) is 7. The molecule has 0 atom stereocenters. The van der Waals surface area contributed by atoms with Crippen molar-refractivity contribution in [2.24, 2.45) is 0 Å². The lowest BCUT2D eigenvalue weighted by Gasteiger charge is -2.14. The molecule has 0 radical (unpaired) electrons. The van der Waals surface area contributed by atoms with Gasteiger partial charge in [-0.05, 0) is 25.8 Å². The standard InChI is InChI=1S/C21H21N5O2S2/c1-13-24-25-21(30-13)29-12-16-15-8-4-5-9-17(15)28-19(16)20(27)23-18-10-11-22-26(18)14-6-2-3-7-14/h4-5,8-11,14H,2-3,6-7,12H2,1H3,(H,23,27). The SMILES string of the molecule is Cc1nnc(SCc2c(C(=O)Nc3ccnn3C3CCCC3)oc3ccccc23)s1. The summed E-state index contributed by atoms with van der Waals surface area (Å²) in [5.74, 6) is 1.38. The van der Waals surface area contributed by atoms with Crippen molar-refractivity contribution in [3.63, 3.8) is 0 Å². The number of aryl methyl sites for hydroxylation is 1. The van der Waals surface area contributed by atoms with Crippen LogP contribution in [0.5, 0.6) is 0 Å². The molecule has 0 unspecified atom stereocenters. The third kappa shape index (κ3) is 3.75. The number of para-hydroxylation sites is 1. The Morgan fingerprint density at radius 3 is 2.90 bits per heavy atom. The number of amides is 1. The molecular weight excluding hydrogens is 418 g/mol. The van der Waals surface area contributed by atoms with Gasteiger partial charge in [0.05, 0.1) is 12.2 Å². The normalized spacial score (nSPS) is 14.6. The number of anilines is 1. The molecule has 30 heavy (non-hydrogen) atoms. The van der Waals surface area contributed by atoms with Gasteiger partial charge in [-0.3, -0.25) is 4.79 Å². The van der Waals surface area contributed by atoms with Crippen LogP contribution in [0.25, 0.3) is 11.0 Å². The highest BCUT2D eigenvalue weighted by molar-refractivity contribution is 8.00. The minimum absolute atomic E-state index is 0.255. The molecule has 1 fully saturated rings. The van der Waals surface area contributed by atoms with Crippen LogP contribution >= 0.6 is 23.1 Å². The molecule has 1 saturated carbocycles. The van der Waals surface area contributed by atoms with Gasteiger partial charge >= 0.3 is 0 Å². The number of benzene rings is 1. The topological polar surface area (TPSA) is 85.8 Å². The van der Waals surface area contributed by atoms with E-state index in [9.17, 15) is 4.79 Å². The predicted octanol–water partition coefficient (Wildman–Crippen LogP) is 5.45. The molecule has 7 nitrogen and oxygen atoms in total. The first-order chi connectivity index (χ1) is 14.7. The second kappa shape index (κ2) is 8.23. The van der Waals surface area contributed by atoms with Crippen molar-refractivity contribution in [2.75, 3.05) is 5.32 Å². The molecule has 1 amide bonds. The first-order valence-electron chi connectivity index (χ1n) is 9.97. The maximum absolute atomic E-state index is 13.2. The Morgan fingerprint density at radius 1 is 1.27 bits per heavy atom. The van der Waals surface area contributed by atoms with E-state index in [1.807, 2.05) is 41.9 Å². The molecule has 3 aromatic heterocycles. The number of carbonyl (C=O) groups excluding carboxylic acids is 1. The Morgan fingerprint density at radius 2 is 2.10 bits per heavy atom. The van der Waals surface area contributed by atoms with Gasteiger partial charge in [0.15, 0.2) is 10.1 Å². The Kier molecular flexibility index (Phi) is 5.30. The van der Waals surface area contributed by atoms with Crippen molar-refractivity contribution in [3.05, 3.63) is 52.9 Å². The van der Waals surface area contributed by atoms with Gasteiger partial charge in [-0.1, -0.05) is 54.1 Å². The molecule has 9 heteroatoms. The fourth-order valence-corrected chi connectivity index (χ4v) is 5.77. The highest BCUT2D eigenvalue weighted by Gasteiger charge is 2.24. The molecule has 0 aliphatic heterocycles. The highest BCUT2D eigenvalue weighted by Crippen LogP contribution is 2.34. The van der Waals surface area contributed by atoms with E-state index in [1.54, 1.807) is 29.3 Å². The zero-order valence-corrected chi connectivity index (χ0v) is 18.1. The number of rotatable bonds is 6. The zero-order chi connectivity index (χ0) is 20.5. The van der Waals surface area contributed by atoms with E-state index in [2.05, 4.69) is 20.6 Å². The van der Waals surface area contributed by atoms with Crippen molar-refractivity contribution >= 4 is 45.8 Å². The first kappa shape index (κ1) is 19.3. The van der Waals surface area contributed by atoms with Crippen LogP contribution < -0.4 is 5.32 Å². The van der Waals surface area contributed by atoms with Gasteiger partial charge < -0.3 is 9.73 Å². The van der Waals surface area contributed by atoms with Gasteiger partial charge in [0.2, 0.25) is 0 Å². The van der Waals surface area contributed by atoms with E-state index in [1.165, 1.54) is 12.8 Å². The fourth-order valence-electron chi connectivity index (χ4n) is 3.92. The summed E-state index contributed by atoms with van der Waals surface area (Å²) in [6.07, 6.45) is 6.33. The van der Waals surface area contributed by atoms with Crippen LogP contribution in [-0.2, 0) is 5.75 Å². The number of nitrogens with one attached hydrogen (secondary N) is 1. The molecule has 1 aromatic carbocycles. The van der Waals surface area contributed by atoms with E-state index in [0.717, 1.165) is 33.1 Å². The lowest BCUT2D eigenvalue weighted by molar-refractivity contribution is 0.0996. The lowest BCUT2D eigenvalue weighted by Crippen LogP contribution is -2.18. The Balaban J connectivity index is 1.43. The van der Waals surface area contributed by atoms with Gasteiger partial charge in [0.1, 0.15) is 16.4 Å². The lowest BCUT2D eigenvalue weighted by atomic mass is 10.1. The number of aromatic nitrogens is 4. The first-order valence-corrected chi connectivity index (χ1v) is 11.8. The zero-order valence-electron chi connectivity index (χ0n) is 16.5. The van der Waals surface area contributed by atoms with Gasteiger partial charge in [-0.25, -0.2) is 4.68 Å². The molecule has 1 aliphatic carbocycles. The van der Waals surface area contributed by atoms with Crippen LogP contribution in [0.15, 0.2) is 45.3 Å². The summed E-state index contributed by atoms with van der Waals surface area (Å²) in [5, 5.41) is 17.6. The largest absolute Gasteiger partial charge is 0.451 e. The number of carbonyl (C=O) groups is 1. The summed E-state index contributed by atoms with van der Waals surface area (Å²) >= 11 is 3.11. The van der Waals surface area contributed by atoms with Crippen molar-refractivity contribution in [3.8, 4) is 0 Å². The van der Waals surface area contributed by atoms with Gasteiger partial charge in [-0.15, -0.1) is 10.2 Å². The summed E-state index contributed by atoms with van der Waals surface area (Å²) in [5.41, 5.74) is 1.57. The molecule has 1 N–H and O–H groups in total. The third-order valence-electron chi connectivity index (χ3n) is 5.33. The van der Waals surface area contributed by atoms with Crippen molar-refractivity contribution < 1.29 is 9.21 Å².